The van der Waals surface area contributed by atoms with E-state index < -0.39 is 11.9 Å². The van der Waals surface area contributed by atoms with Crippen LogP contribution in [0.3, 0.4) is 0 Å². The van der Waals surface area contributed by atoms with E-state index in [2.05, 4.69) is 57.2 Å². The molecule has 366 valence electrons. The molecule has 1 atom stereocenters. The van der Waals surface area contributed by atoms with Crippen molar-refractivity contribution in [2.75, 3.05) is 83.5 Å². The van der Waals surface area contributed by atoms with Gasteiger partial charge in [0.2, 0.25) is 5.91 Å². The number of aromatic nitrogens is 6. The number of likely N-dealkylation sites (tertiary alicyclic amines) is 2. The second-order valence-corrected chi connectivity index (χ2v) is 19.6. The highest BCUT2D eigenvalue weighted by Crippen LogP contribution is 2.27. The fourth-order valence-corrected chi connectivity index (χ4v) is 10.5. The lowest BCUT2D eigenvalue weighted by molar-refractivity contribution is -0.136. The monoisotopic (exact) mass is 956 g/mol. The highest BCUT2D eigenvalue weighted by molar-refractivity contribution is 5.99. The largest absolute Gasteiger partial charge is 0.490 e. The van der Waals surface area contributed by atoms with Gasteiger partial charge >= 0.3 is 0 Å². The number of anilines is 1. The van der Waals surface area contributed by atoms with Crippen LogP contribution in [0.15, 0.2) is 101 Å². The number of fused-ring (bicyclic) bond motifs is 1. The van der Waals surface area contributed by atoms with Gasteiger partial charge < -0.3 is 19.4 Å². The summed E-state index contributed by atoms with van der Waals surface area (Å²) in [6.45, 7) is 14.3. The first-order valence-electron chi connectivity index (χ1n) is 25.0. The number of carbonyl (C=O) groups is 2. The minimum absolute atomic E-state index is 0.189. The molecule has 3 aromatic heterocycles. The summed E-state index contributed by atoms with van der Waals surface area (Å²) < 4.78 is 8.89. The van der Waals surface area contributed by atoms with E-state index >= 15 is 0 Å². The summed E-state index contributed by atoms with van der Waals surface area (Å²) in [7, 11) is 0. The molecule has 1 N–H and O–H groups in total. The number of piperazine rings is 1. The van der Waals surface area contributed by atoms with Crippen LogP contribution in [0.2, 0.25) is 0 Å². The number of piperidine rings is 3. The lowest BCUT2D eigenvalue weighted by Crippen LogP contribution is -2.49. The van der Waals surface area contributed by atoms with Crippen LogP contribution >= 0.6 is 0 Å². The molecule has 4 aliphatic heterocycles. The SMILES string of the molecule is Cc1nn(C2CCC(=O)NC2=O)c(=O)c2cc(N3CCN(CC4CCN(CCN5CCC(COc6cnc(-c7cccc(Cn8nc(-c9cccc(C#N)c9)ccc8=O)c7)nc6)CC5)CC4)CC3)ccc12. The Labute approximate surface area is 412 Å². The zero-order chi connectivity index (χ0) is 48.8. The third-order valence-corrected chi connectivity index (χ3v) is 14.8. The normalized spacial score (nSPS) is 18.9. The van der Waals surface area contributed by atoms with Crippen molar-refractivity contribution in [2.45, 2.75) is 58.0 Å². The molecule has 10 rings (SSSR count). The number of nitrogens with one attached hydrogen (secondary N) is 1. The predicted octanol–water partition coefficient (Wildman–Crippen LogP) is 4.91. The van der Waals surface area contributed by atoms with Gasteiger partial charge in [-0.3, -0.25) is 29.4 Å². The number of nitrogens with zero attached hydrogens (tertiary/aromatic N) is 11. The van der Waals surface area contributed by atoms with Gasteiger partial charge in [0, 0.05) is 80.5 Å². The second-order valence-electron chi connectivity index (χ2n) is 19.6. The molecular formula is C54H60N12O5. The molecule has 4 fully saturated rings. The van der Waals surface area contributed by atoms with E-state index in [1.807, 2.05) is 49.4 Å². The van der Waals surface area contributed by atoms with Gasteiger partial charge in [-0.25, -0.2) is 19.3 Å². The molecule has 0 spiro atoms. The molecule has 17 heteroatoms. The van der Waals surface area contributed by atoms with Crippen molar-refractivity contribution in [1.29, 1.82) is 5.26 Å². The Morgan fingerprint density at radius 1 is 0.718 bits per heavy atom. The van der Waals surface area contributed by atoms with Crippen molar-refractivity contribution in [1.82, 2.24) is 49.5 Å². The Morgan fingerprint density at radius 2 is 1.44 bits per heavy atom. The topological polar surface area (TPSA) is 188 Å². The van der Waals surface area contributed by atoms with Crippen LogP contribution < -0.4 is 26.1 Å². The zero-order valence-electron chi connectivity index (χ0n) is 40.3. The summed E-state index contributed by atoms with van der Waals surface area (Å²) in [5.74, 6) is 1.64. The molecular weight excluding hydrogens is 897 g/mol. The molecule has 0 saturated carbocycles. The van der Waals surface area contributed by atoms with Crippen molar-refractivity contribution >= 4 is 28.3 Å². The smallest absolute Gasteiger partial charge is 0.275 e. The number of ether oxygens (including phenoxy) is 1. The average Bonchev–Trinajstić information content (AvgIpc) is 3.40. The standard InChI is InChI=1S/C54H60N12O5/c1-37-46-9-8-44(30-47(46)54(70)66(59-37)49-11-12-50(67)58-53(49)69)64-26-24-63(25-27-64)34-38-14-18-61(19-15-38)22-23-62-20-16-39(17-21-62)36-71-45-32-56-52(57-33-45)43-7-3-5-41(29-43)35-65-51(68)13-10-48(60-65)42-6-2-4-40(28-42)31-55/h2-10,13,28-30,32-33,38-39,49H,11-12,14-27,34-36H2,1H3,(H,58,67,69). The zero-order valence-corrected chi connectivity index (χ0v) is 40.3. The number of aryl methyl sites for hydroxylation is 1. The van der Waals surface area contributed by atoms with E-state index in [1.165, 1.54) is 28.3 Å². The molecule has 1 unspecified atom stereocenters. The van der Waals surface area contributed by atoms with Crippen molar-refractivity contribution < 1.29 is 14.3 Å². The Morgan fingerprint density at radius 3 is 2.17 bits per heavy atom. The highest BCUT2D eigenvalue weighted by atomic mass is 16.5. The number of rotatable bonds is 14. The van der Waals surface area contributed by atoms with Crippen molar-refractivity contribution in [3.63, 3.8) is 0 Å². The van der Waals surface area contributed by atoms with E-state index in [0.717, 1.165) is 113 Å². The highest BCUT2D eigenvalue weighted by Gasteiger charge is 2.31. The van der Waals surface area contributed by atoms with Gasteiger partial charge in [0.05, 0.1) is 54.0 Å². The van der Waals surface area contributed by atoms with Gasteiger partial charge in [0.15, 0.2) is 11.6 Å². The van der Waals surface area contributed by atoms with Crippen LogP contribution in [0.1, 0.15) is 61.4 Å². The molecule has 3 aromatic carbocycles. The molecule has 4 saturated heterocycles. The Kier molecular flexibility index (Phi) is 14.4. The van der Waals surface area contributed by atoms with Gasteiger partial charge in [-0.15, -0.1) is 0 Å². The molecule has 71 heavy (non-hydrogen) atoms. The summed E-state index contributed by atoms with van der Waals surface area (Å²) in [6.07, 6.45) is 8.60. The Balaban J connectivity index is 0.621. The van der Waals surface area contributed by atoms with Crippen LogP contribution in [-0.2, 0) is 16.1 Å². The van der Waals surface area contributed by atoms with Crippen molar-refractivity contribution in [3.05, 3.63) is 129 Å². The van der Waals surface area contributed by atoms with Gasteiger partial charge in [-0.2, -0.15) is 15.5 Å². The number of carbonyl (C=O) groups excluding carboxylic acids is 2. The summed E-state index contributed by atoms with van der Waals surface area (Å²) in [6, 6.07) is 25.5. The second kappa shape index (κ2) is 21.5. The van der Waals surface area contributed by atoms with Crippen molar-refractivity contribution in [3.8, 4) is 34.5 Å². The van der Waals surface area contributed by atoms with E-state index in [0.29, 0.717) is 52.4 Å². The molecule has 0 bridgehead atoms. The summed E-state index contributed by atoms with van der Waals surface area (Å²) in [5.41, 5.74) is 4.84. The number of hydrogen-bond donors (Lipinski definition) is 1. The van der Waals surface area contributed by atoms with E-state index in [4.69, 9.17) is 4.74 Å². The van der Waals surface area contributed by atoms with Crippen LogP contribution in [0.25, 0.3) is 33.4 Å². The Bertz CT molecular complexity index is 3050. The van der Waals surface area contributed by atoms with Crippen molar-refractivity contribution in [2.24, 2.45) is 11.8 Å². The van der Waals surface area contributed by atoms with E-state index in [1.54, 1.807) is 36.7 Å². The first-order chi connectivity index (χ1) is 34.6. The lowest BCUT2D eigenvalue weighted by Gasteiger charge is -2.40. The molecule has 17 nitrogen and oxygen atoms in total. The van der Waals surface area contributed by atoms with Gasteiger partial charge in [-0.1, -0.05) is 36.4 Å². The van der Waals surface area contributed by atoms with Crippen LogP contribution in [0.5, 0.6) is 5.75 Å². The number of nitriles is 1. The minimum atomic E-state index is -0.784. The third-order valence-electron chi connectivity index (χ3n) is 14.8. The summed E-state index contributed by atoms with van der Waals surface area (Å²) in [4.78, 5) is 70.1. The minimum Gasteiger partial charge on any atom is -0.490 e. The number of benzene rings is 3. The predicted molar refractivity (Wildman–Crippen MR) is 270 cm³/mol. The molecule has 0 radical (unpaired) electrons. The third kappa shape index (κ3) is 11.3. The summed E-state index contributed by atoms with van der Waals surface area (Å²) >= 11 is 0. The fourth-order valence-electron chi connectivity index (χ4n) is 10.5. The van der Waals surface area contributed by atoms with Crippen LogP contribution in [-0.4, -0.2) is 135 Å². The molecule has 6 aromatic rings. The first kappa shape index (κ1) is 47.5. The maximum absolute atomic E-state index is 13.6. The quantitative estimate of drug-likeness (QED) is 0.145. The van der Waals surface area contributed by atoms with Crippen LogP contribution in [0.4, 0.5) is 5.69 Å². The lowest BCUT2D eigenvalue weighted by atomic mass is 9.95. The number of imide groups is 1. The maximum atomic E-state index is 13.6. The molecule has 7 heterocycles. The molecule has 4 aliphatic rings. The van der Waals surface area contributed by atoms with Gasteiger partial charge in [0.25, 0.3) is 17.0 Å². The van der Waals surface area contributed by atoms with Crippen LogP contribution in [0, 0.1) is 30.1 Å². The van der Waals surface area contributed by atoms with E-state index in [9.17, 15) is 24.4 Å². The number of amides is 2. The van der Waals surface area contributed by atoms with E-state index in [-0.39, 0.29) is 36.4 Å². The summed E-state index contributed by atoms with van der Waals surface area (Å²) in [5, 5.41) is 22.1. The molecule has 0 aliphatic carbocycles. The fraction of sp³-hybridized carbons (Fsp3) is 0.426. The maximum Gasteiger partial charge on any atom is 0.275 e. The number of hydrogen-bond acceptors (Lipinski definition) is 14. The average molecular weight is 957 g/mol. The van der Waals surface area contributed by atoms with Gasteiger partial charge in [-0.05, 0) is 119 Å². The Hall–Kier alpha value is -7.13. The van der Waals surface area contributed by atoms with Gasteiger partial charge in [0.1, 0.15) is 6.04 Å². The first-order valence-corrected chi connectivity index (χ1v) is 25.0. The molecule has 2 amide bonds.